The van der Waals surface area contributed by atoms with Crippen LogP contribution in [0.3, 0.4) is 0 Å². The molecule has 1 aliphatic heterocycles. The van der Waals surface area contributed by atoms with Crippen LogP contribution in [0.25, 0.3) is 0 Å². The minimum absolute atomic E-state index is 0.260. The zero-order chi connectivity index (χ0) is 18.6. The van der Waals surface area contributed by atoms with E-state index in [1.54, 1.807) is 37.3 Å². The lowest BCUT2D eigenvalue weighted by atomic mass is 9.89. The number of carbonyl (C=O) groups is 2. The van der Waals surface area contributed by atoms with Crippen LogP contribution < -0.4 is 5.32 Å². The van der Waals surface area contributed by atoms with Gasteiger partial charge in [0.2, 0.25) is 5.76 Å². The third kappa shape index (κ3) is 4.56. The standard InChI is InChI=1S/C17H21NO7/c1-9-11(19)7-13(17(23)24)25-15(9)14(21)12(20)8-18-16(22)10-5-3-2-4-6-10/h2-7,9,11-12,14-15,19-21H,8H2,1H3,(H,18,22)(H,23,24)/t9-,11-,12?,14?,15?/m1/s1. The molecule has 0 spiro atoms. The van der Waals surface area contributed by atoms with Gasteiger partial charge in [-0.3, -0.25) is 4.79 Å². The molecular formula is C17H21NO7. The number of amides is 1. The Kier molecular flexibility index (Phi) is 6.13. The average molecular weight is 351 g/mol. The molecule has 25 heavy (non-hydrogen) atoms. The van der Waals surface area contributed by atoms with Gasteiger partial charge in [0.15, 0.2) is 0 Å². The fourth-order valence-corrected chi connectivity index (χ4v) is 2.53. The van der Waals surface area contributed by atoms with Gasteiger partial charge in [0.05, 0.1) is 6.10 Å². The van der Waals surface area contributed by atoms with Crippen molar-refractivity contribution in [1.82, 2.24) is 5.32 Å². The zero-order valence-corrected chi connectivity index (χ0v) is 13.6. The highest BCUT2D eigenvalue weighted by atomic mass is 16.5. The van der Waals surface area contributed by atoms with E-state index in [2.05, 4.69) is 5.32 Å². The third-order valence-corrected chi connectivity index (χ3v) is 4.09. The molecule has 8 heteroatoms. The van der Waals surface area contributed by atoms with Crippen molar-refractivity contribution in [1.29, 1.82) is 0 Å². The predicted molar refractivity (Wildman–Crippen MR) is 86.6 cm³/mol. The Labute approximate surface area is 144 Å². The van der Waals surface area contributed by atoms with Crippen molar-refractivity contribution < 1.29 is 34.8 Å². The van der Waals surface area contributed by atoms with Crippen LogP contribution in [0.4, 0.5) is 0 Å². The summed E-state index contributed by atoms with van der Waals surface area (Å²) in [5.41, 5.74) is 0.401. The van der Waals surface area contributed by atoms with Gasteiger partial charge < -0.3 is 30.5 Å². The lowest BCUT2D eigenvalue weighted by molar-refractivity contribution is -0.149. The lowest BCUT2D eigenvalue weighted by Gasteiger charge is -2.36. The smallest absolute Gasteiger partial charge is 0.370 e. The molecular weight excluding hydrogens is 330 g/mol. The molecule has 0 aliphatic carbocycles. The summed E-state index contributed by atoms with van der Waals surface area (Å²) in [5, 5.41) is 41.7. The van der Waals surface area contributed by atoms with Crippen molar-refractivity contribution in [2.45, 2.75) is 31.3 Å². The highest BCUT2D eigenvalue weighted by molar-refractivity contribution is 5.94. The maximum Gasteiger partial charge on any atom is 0.370 e. The van der Waals surface area contributed by atoms with Crippen LogP contribution >= 0.6 is 0 Å². The number of aliphatic carboxylic acids is 1. The van der Waals surface area contributed by atoms with Crippen LogP contribution in [-0.2, 0) is 9.53 Å². The molecule has 1 aromatic rings. The summed E-state index contributed by atoms with van der Waals surface area (Å²) in [6, 6.07) is 8.35. The first-order valence-corrected chi connectivity index (χ1v) is 7.80. The SMILES string of the molecule is C[C@H]1C(C(O)C(O)CNC(=O)c2ccccc2)OC(C(=O)O)=C[C@H]1O. The molecule has 2 rings (SSSR count). The summed E-state index contributed by atoms with van der Waals surface area (Å²) in [6.07, 6.45) is -4.12. The van der Waals surface area contributed by atoms with Crippen molar-refractivity contribution in [3.05, 3.63) is 47.7 Å². The number of ether oxygens (including phenoxy) is 1. The molecule has 1 heterocycles. The summed E-state index contributed by atoms with van der Waals surface area (Å²) in [5.74, 6) is -2.93. The lowest BCUT2D eigenvalue weighted by Crippen LogP contribution is -2.51. The van der Waals surface area contributed by atoms with Crippen LogP contribution in [0.1, 0.15) is 17.3 Å². The minimum Gasteiger partial charge on any atom is -0.480 e. The zero-order valence-electron chi connectivity index (χ0n) is 13.6. The molecule has 5 atom stereocenters. The quantitative estimate of drug-likeness (QED) is 0.466. The molecule has 3 unspecified atom stereocenters. The number of benzene rings is 1. The van der Waals surface area contributed by atoms with Gasteiger partial charge >= 0.3 is 5.97 Å². The number of hydrogen-bond donors (Lipinski definition) is 5. The van der Waals surface area contributed by atoms with Gasteiger partial charge in [-0.15, -0.1) is 0 Å². The van der Waals surface area contributed by atoms with E-state index in [1.807, 2.05) is 0 Å². The molecule has 1 amide bonds. The molecule has 0 radical (unpaired) electrons. The molecule has 8 nitrogen and oxygen atoms in total. The van der Waals surface area contributed by atoms with Gasteiger partial charge in [-0.05, 0) is 18.2 Å². The summed E-state index contributed by atoms with van der Waals surface area (Å²) in [7, 11) is 0. The predicted octanol–water partition coefficient (Wildman–Crippen LogP) is -0.498. The highest BCUT2D eigenvalue weighted by Gasteiger charge is 2.40. The Morgan fingerprint density at radius 1 is 1.24 bits per heavy atom. The molecule has 5 N–H and O–H groups in total. The van der Waals surface area contributed by atoms with Crippen LogP contribution in [-0.4, -0.2) is 63.3 Å². The monoisotopic (exact) mass is 351 g/mol. The fraction of sp³-hybridized carbons (Fsp3) is 0.412. The second kappa shape index (κ2) is 8.11. The van der Waals surface area contributed by atoms with E-state index in [4.69, 9.17) is 9.84 Å². The molecule has 0 fully saturated rings. The van der Waals surface area contributed by atoms with Crippen LogP contribution in [0.2, 0.25) is 0 Å². The summed E-state index contributed by atoms with van der Waals surface area (Å²) in [6.45, 7) is 1.30. The number of carboxylic acid groups (broad SMARTS) is 1. The second-order valence-electron chi connectivity index (χ2n) is 5.90. The van der Waals surface area contributed by atoms with Gasteiger partial charge in [-0.1, -0.05) is 25.1 Å². The van der Waals surface area contributed by atoms with Gasteiger partial charge in [0.25, 0.3) is 5.91 Å². The molecule has 0 aromatic heterocycles. The summed E-state index contributed by atoms with van der Waals surface area (Å²) < 4.78 is 5.18. The maximum absolute atomic E-state index is 11.9. The second-order valence-corrected chi connectivity index (χ2v) is 5.90. The highest BCUT2D eigenvalue weighted by Crippen LogP contribution is 2.27. The Morgan fingerprint density at radius 2 is 1.88 bits per heavy atom. The van der Waals surface area contributed by atoms with Gasteiger partial charge in [0.1, 0.15) is 18.3 Å². The fourth-order valence-electron chi connectivity index (χ4n) is 2.53. The Morgan fingerprint density at radius 3 is 2.48 bits per heavy atom. The van der Waals surface area contributed by atoms with E-state index < -0.39 is 48.0 Å². The maximum atomic E-state index is 11.9. The first-order chi connectivity index (χ1) is 11.8. The van der Waals surface area contributed by atoms with Crippen molar-refractivity contribution in [2.75, 3.05) is 6.54 Å². The topological polar surface area (TPSA) is 136 Å². The molecule has 136 valence electrons. The minimum atomic E-state index is -1.50. The number of carboxylic acids is 1. The molecule has 0 saturated heterocycles. The summed E-state index contributed by atoms with van der Waals surface area (Å²) in [4.78, 5) is 23.0. The number of carbonyl (C=O) groups excluding carboxylic acids is 1. The van der Waals surface area contributed by atoms with Crippen molar-refractivity contribution >= 4 is 11.9 Å². The van der Waals surface area contributed by atoms with Crippen molar-refractivity contribution in [3.8, 4) is 0 Å². The van der Waals surface area contributed by atoms with Crippen LogP contribution in [0.15, 0.2) is 42.2 Å². The number of aliphatic hydroxyl groups excluding tert-OH is 3. The Bertz CT molecular complexity index is 646. The van der Waals surface area contributed by atoms with Gasteiger partial charge in [-0.25, -0.2) is 4.79 Å². The van der Waals surface area contributed by atoms with Crippen molar-refractivity contribution in [3.63, 3.8) is 0 Å². The normalized spacial score (nSPS) is 25.3. The van der Waals surface area contributed by atoms with E-state index >= 15 is 0 Å². The summed E-state index contributed by atoms with van der Waals surface area (Å²) >= 11 is 0. The third-order valence-electron chi connectivity index (χ3n) is 4.09. The first-order valence-electron chi connectivity index (χ1n) is 7.80. The van der Waals surface area contributed by atoms with E-state index in [1.165, 1.54) is 0 Å². The van der Waals surface area contributed by atoms with Crippen LogP contribution in [0, 0.1) is 5.92 Å². The Hall–Kier alpha value is -2.42. The van der Waals surface area contributed by atoms with Gasteiger partial charge in [-0.2, -0.15) is 0 Å². The number of aliphatic hydroxyl groups is 3. The largest absolute Gasteiger partial charge is 0.480 e. The molecule has 1 aromatic carbocycles. The van der Waals surface area contributed by atoms with E-state index in [-0.39, 0.29) is 6.54 Å². The number of hydrogen-bond acceptors (Lipinski definition) is 6. The van der Waals surface area contributed by atoms with Crippen LogP contribution in [0.5, 0.6) is 0 Å². The van der Waals surface area contributed by atoms with Crippen molar-refractivity contribution in [2.24, 2.45) is 5.92 Å². The molecule has 0 bridgehead atoms. The van der Waals surface area contributed by atoms with Gasteiger partial charge in [0, 0.05) is 18.0 Å². The average Bonchev–Trinajstić information content (AvgIpc) is 2.61. The first kappa shape index (κ1) is 18.9. The Balaban J connectivity index is 1.97. The molecule has 0 saturated carbocycles. The van der Waals surface area contributed by atoms with E-state index in [0.29, 0.717) is 5.56 Å². The number of rotatable bonds is 6. The van der Waals surface area contributed by atoms with E-state index in [0.717, 1.165) is 6.08 Å². The molecule has 1 aliphatic rings. The van der Waals surface area contributed by atoms with E-state index in [9.17, 15) is 24.9 Å². The number of nitrogens with one attached hydrogen (secondary N) is 1.